The van der Waals surface area contributed by atoms with E-state index in [-0.39, 0.29) is 29.9 Å². The highest BCUT2D eigenvalue weighted by molar-refractivity contribution is 5.82. The minimum absolute atomic E-state index is 0.00889. The van der Waals surface area contributed by atoms with Crippen molar-refractivity contribution in [1.82, 2.24) is 0 Å². The van der Waals surface area contributed by atoms with Crippen LogP contribution in [0.3, 0.4) is 0 Å². The molecule has 0 N–H and O–H groups in total. The van der Waals surface area contributed by atoms with Gasteiger partial charge in [0.1, 0.15) is 6.61 Å². The van der Waals surface area contributed by atoms with Gasteiger partial charge in [-0.25, -0.2) is 4.39 Å². The van der Waals surface area contributed by atoms with Crippen LogP contribution < -0.4 is 4.74 Å². The van der Waals surface area contributed by atoms with E-state index in [9.17, 15) is 9.18 Å². The van der Waals surface area contributed by atoms with Crippen LogP contribution in [0.5, 0.6) is 5.75 Å². The third-order valence-corrected chi connectivity index (χ3v) is 3.59. The van der Waals surface area contributed by atoms with Crippen molar-refractivity contribution in [3.8, 4) is 5.75 Å². The number of hydrogen-bond donors (Lipinski definition) is 0. The average molecular weight is 250 g/mol. The summed E-state index contributed by atoms with van der Waals surface area (Å²) in [5.74, 6) is 0.0373. The molecule has 1 aromatic rings. The molecule has 0 bridgehead atoms. The lowest BCUT2D eigenvalue weighted by atomic mass is 9.86. The van der Waals surface area contributed by atoms with Gasteiger partial charge in [0, 0.05) is 5.92 Å². The van der Waals surface area contributed by atoms with Crippen molar-refractivity contribution >= 4 is 5.78 Å². The third-order valence-electron chi connectivity index (χ3n) is 3.59. The highest BCUT2D eigenvalue weighted by Crippen LogP contribution is 2.25. The van der Waals surface area contributed by atoms with E-state index >= 15 is 0 Å². The van der Waals surface area contributed by atoms with Gasteiger partial charge in [0.25, 0.3) is 0 Å². The maximum absolute atomic E-state index is 13.7. The second-order valence-electron chi connectivity index (χ2n) is 4.98. The number of benzene rings is 1. The quantitative estimate of drug-likeness (QED) is 0.815. The fourth-order valence-electron chi connectivity index (χ4n) is 2.42. The molecule has 1 aliphatic carbocycles. The molecule has 18 heavy (non-hydrogen) atoms. The minimum atomic E-state index is -0.367. The smallest absolute Gasteiger partial charge is 0.173 e. The zero-order chi connectivity index (χ0) is 13.0. The second kappa shape index (κ2) is 5.98. The molecule has 1 saturated carbocycles. The fraction of sp³-hybridized carbons (Fsp3) is 0.533. The van der Waals surface area contributed by atoms with Gasteiger partial charge in [0.15, 0.2) is 17.3 Å². The van der Waals surface area contributed by atoms with Gasteiger partial charge in [-0.05, 0) is 31.4 Å². The lowest BCUT2D eigenvalue weighted by molar-refractivity contribution is -0.125. The van der Waals surface area contributed by atoms with Crippen LogP contribution in [-0.2, 0) is 4.79 Å². The largest absolute Gasteiger partial charge is 0.483 e. The molecule has 0 aliphatic heterocycles. The van der Waals surface area contributed by atoms with Crippen LogP contribution in [-0.4, -0.2) is 12.4 Å². The van der Waals surface area contributed by atoms with Gasteiger partial charge in [0.05, 0.1) is 0 Å². The summed E-state index contributed by atoms with van der Waals surface area (Å²) in [5.41, 5.74) is 0.539. The van der Waals surface area contributed by atoms with Gasteiger partial charge >= 0.3 is 0 Å². The first-order chi connectivity index (χ1) is 8.68. The van der Waals surface area contributed by atoms with Crippen LogP contribution in [0, 0.1) is 18.7 Å². The van der Waals surface area contributed by atoms with Crippen LogP contribution in [0.4, 0.5) is 4.39 Å². The van der Waals surface area contributed by atoms with Crippen molar-refractivity contribution < 1.29 is 13.9 Å². The zero-order valence-corrected chi connectivity index (χ0v) is 10.7. The Labute approximate surface area is 107 Å². The normalized spacial score (nSPS) is 16.6. The van der Waals surface area contributed by atoms with Crippen LogP contribution in [0.2, 0.25) is 0 Å². The van der Waals surface area contributed by atoms with E-state index in [1.54, 1.807) is 25.1 Å². The van der Waals surface area contributed by atoms with Crippen LogP contribution >= 0.6 is 0 Å². The van der Waals surface area contributed by atoms with E-state index in [0.717, 1.165) is 25.7 Å². The first kappa shape index (κ1) is 13.1. The first-order valence-electron chi connectivity index (χ1n) is 6.59. The van der Waals surface area contributed by atoms with Gasteiger partial charge in [0.2, 0.25) is 0 Å². The summed E-state index contributed by atoms with van der Waals surface area (Å²) in [6.07, 6.45) is 5.37. The molecule has 1 aliphatic rings. The Morgan fingerprint density at radius 2 is 2.06 bits per heavy atom. The predicted octanol–water partition coefficient (Wildman–Crippen LogP) is 3.66. The molecule has 98 valence electrons. The van der Waals surface area contributed by atoms with Gasteiger partial charge in [-0.1, -0.05) is 31.4 Å². The molecule has 3 heteroatoms. The molecule has 2 rings (SSSR count). The molecule has 0 saturated heterocycles. The number of carbonyl (C=O) groups excluding carboxylic acids is 1. The van der Waals surface area contributed by atoms with Crippen molar-refractivity contribution in [2.75, 3.05) is 6.61 Å². The lowest BCUT2D eigenvalue weighted by Gasteiger charge is -2.20. The Morgan fingerprint density at radius 1 is 1.33 bits per heavy atom. The highest BCUT2D eigenvalue weighted by atomic mass is 19.1. The van der Waals surface area contributed by atoms with Crippen molar-refractivity contribution in [1.29, 1.82) is 0 Å². The van der Waals surface area contributed by atoms with Gasteiger partial charge in [-0.2, -0.15) is 0 Å². The number of halogens is 1. The van der Waals surface area contributed by atoms with Crippen LogP contribution in [0.1, 0.15) is 37.7 Å². The minimum Gasteiger partial charge on any atom is -0.483 e. The maximum Gasteiger partial charge on any atom is 0.173 e. The van der Waals surface area contributed by atoms with E-state index in [0.29, 0.717) is 5.56 Å². The molecule has 0 heterocycles. The van der Waals surface area contributed by atoms with Gasteiger partial charge in [-0.15, -0.1) is 0 Å². The van der Waals surface area contributed by atoms with Crippen molar-refractivity contribution in [2.45, 2.75) is 39.0 Å². The Bertz CT molecular complexity index is 423. The number of rotatable bonds is 4. The molecule has 0 aromatic heterocycles. The number of carbonyl (C=O) groups is 1. The van der Waals surface area contributed by atoms with Gasteiger partial charge < -0.3 is 4.74 Å². The highest BCUT2D eigenvalue weighted by Gasteiger charge is 2.21. The molecule has 0 spiro atoms. The summed E-state index contributed by atoms with van der Waals surface area (Å²) < 4.78 is 19.0. The Kier molecular flexibility index (Phi) is 4.34. The Hall–Kier alpha value is -1.38. The Balaban J connectivity index is 1.90. The number of Topliss-reactive ketones (excluding diaryl/α,β-unsaturated/α-hetero) is 1. The molecule has 2 nitrogen and oxygen atoms in total. The van der Waals surface area contributed by atoms with E-state index in [1.165, 1.54) is 6.42 Å². The molecule has 1 aromatic carbocycles. The van der Waals surface area contributed by atoms with Crippen LogP contribution in [0.25, 0.3) is 0 Å². The van der Waals surface area contributed by atoms with Crippen LogP contribution in [0.15, 0.2) is 18.2 Å². The van der Waals surface area contributed by atoms with E-state index < -0.39 is 0 Å². The summed E-state index contributed by atoms with van der Waals surface area (Å²) >= 11 is 0. The maximum atomic E-state index is 13.7. The summed E-state index contributed by atoms with van der Waals surface area (Å²) in [5, 5.41) is 0. The number of ether oxygens (including phenoxy) is 1. The zero-order valence-electron chi connectivity index (χ0n) is 10.7. The van der Waals surface area contributed by atoms with Gasteiger partial charge in [-0.3, -0.25) is 4.79 Å². The lowest BCUT2D eigenvalue weighted by Crippen LogP contribution is -2.23. The molecule has 1 fully saturated rings. The Morgan fingerprint density at radius 3 is 2.78 bits per heavy atom. The predicted molar refractivity (Wildman–Crippen MR) is 68.2 cm³/mol. The average Bonchev–Trinajstić information content (AvgIpc) is 2.41. The monoisotopic (exact) mass is 250 g/mol. The molecular weight excluding hydrogens is 231 g/mol. The van der Waals surface area contributed by atoms with E-state index in [2.05, 4.69) is 0 Å². The second-order valence-corrected chi connectivity index (χ2v) is 4.98. The molecular formula is C15H19FO2. The van der Waals surface area contributed by atoms with Crippen molar-refractivity contribution in [3.63, 3.8) is 0 Å². The number of aryl methyl sites for hydroxylation is 1. The number of ketones is 1. The first-order valence-corrected chi connectivity index (χ1v) is 6.59. The topological polar surface area (TPSA) is 26.3 Å². The molecule has 0 radical (unpaired) electrons. The summed E-state index contributed by atoms with van der Waals surface area (Å²) in [4.78, 5) is 11.9. The van der Waals surface area contributed by atoms with E-state index in [1.807, 2.05) is 0 Å². The molecule has 0 amide bonds. The van der Waals surface area contributed by atoms with Crippen molar-refractivity contribution in [2.24, 2.45) is 5.92 Å². The fourth-order valence-corrected chi connectivity index (χ4v) is 2.42. The summed E-state index contributed by atoms with van der Waals surface area (Å²) in [7, 11) is 0. The molecule has 0 atom stereocenters. The third kappa shape index (κ3) is 3.09. The number of hydrogen-bond acceptors (Lipinski definition) is 2. The van der Waals surface area contributed by atoms with E-state index in [4.69, 9.17) is 4.74 Å². The SMILES string of the molecule is Cc1cccc(OCC(=O)C2CCCCC2)c1F. The standard InChI is InChI=1S/C15H19FO2/c1-11-6-5-9-14(15(11)16)18-10-13(17)12-7-3-2-4-8-12/h5-6,9,12H,2-4,7-8,10H2,1H3. The summed E-state index contributed by atoms with van der Waals surface area (Å²) in [6.45, 7) is 1.68. The molecule has 0 unspecified atom stereocenters. The summed E-state index contributed by atoms with van der Waals surface area (Å²) in [6, 6.07) is 4.99. The van der Waals surface area contributed by atoms with Crippen molar-refractivity contribution in [3.05, 3.63) is 29.6 Å².